The second kappa shape index (κ2) is 32.5. The number of anilines is 6. The molecule has 4 aromatic carbocycles. The first-order valence-electron chi connectivity index (χ1n) is 24.7. The maximum Gasteiger partial charge on any atom is 0.261 e. The van der Waals surface area contributed by atoms with E-state index in [1.807, 2.05) is 103 Å². The predicted octanol–water partition coefficient (Wildman–Crippen LogP) is 13.4. The lowest BCUT2D eigenvalue weighted by Crippen LogP contribution is -2.29. The van der Waals surface area contributed by atoms with Gasteiger partial charge in [0.2, 0.25) is 21.1 Å². The highest BCUT2D eigenvalue weighted by molar-refractivity contribution is 6.68. The van der Waals surface area contributed by atoms with Crippen LogP contribution in [0.5, 0.6) is 0 Å². The number of amides is 2. The van der Waals surface area contributed by atoms with Gasteiger partial charge in [0.05, 0.1) is 16.5 Å². The Labute approximate surface area is 515 Å². The van der Waals surface area contributed by atoms with Crippen molar-refractivity contribution in [2.75, 3.05) is 40.3 Å². The zero-order chi connectivity index (χ0) is 61.8. The van der Waals surface area contributed by atoms with Crippen molar-refractivity contribution in [1.82, 2.24) is 49.7 Å². The third kappa shape index (κ3) is 21.1. The molecule has 0 saturated heterocycles. The zero-order valence-electron chi connectivity index (χ0n) is 47.0. The monoisotopic (exact) mass is 1260 g/mol. The molecule has 20 nitrogen and oxygen atoms in total. The summed E-state index contributed by atoms with van der Waals surface area (Å²) < 4.78 is 1.69. The van der Waals surface area contributed by atoms with Gasteiger partial charge in [0.15, 0.2) is 17.3 Å². The first-order chi connectivity index (χ1) is 39.1. The van der Waals surface area contributed by atoms with E-state index in [1.165, 1.54) is 40.3 Å². The van der Waals surface area contributed by atoms with Crippen molar-refractivity contribution in [2.45, 2.75) is 62.3 Å². The second-order valence-corrected chi connectivity index (χ2v) is 20.5. The van der Waals surface area contributed by atoms with Crippen molar-refractivity contribution in [3.05, 3.63) is 190 Å². The van der Waals surface area contributed by atoms with Gasteiger partial charge in [0.25, 0.3) is 17.1 Å². The Bertz CT molecular complexity index is 3740. The summed E-state index contributed by atoms with van der Waals surface area (Å²) in [5, 5.41) is 15.0. The molecule has 0 aliphatic heterocycles. The van der Waals surface area contributed by atoms with E-state index >= 15 is 0 Å². The summed E-state index contributed by atoms with van der Waals surface area (Å²) >= 11 is 39.0. The largest absolute Gasteiger partial charge is 0.399 e. The van der Waals surface area contributed by atoms with Crippen molar-refractivity contribution < 1.29 is 14.4 Å². The molecule has 2 amide bonds. The van der Waals surface area contributed by atoms with E-state index in [-0.39, 0.29) is 65.8 Å². The Morgan fingerprint density at radius 2 is 0.940 bits per heavy atom. The van der Waals surface area contributed by atoms with Crippen molar-refractivity contribution in [3.63, 3.8) is 0 Å². The number of carbonyl (C=O) groups excluding carboxylic acids is 3. The van der Waals surface area contributed by atoms with E-state index < -0.39 is 5.24 Å². The number of halogens is 7. The number of benzene rings is 4. The summed E-state index contributed by atoms with van der Waals surface area (Å²) in [5.74, 6) is 5.95. The Hall–Kier alpha value is -7.37. The second-order valence-electron chi connectivity index (χ2n) is 18.1. The number of aromatic nitrogens is 10. The molecular formula is C56H60Cl7N17O3. The molecule has 0 spiro atoms. The molecule has 5 aromatic heterocycles. The number of hydrogen-bond acceptors (Lipinski definition) is 17. The molecule has 0 radical (unpaired) electrons. The summed E-state index contributed by atoms with van der Waals surface area (Å²) in [6, 6.07) is 23.8. The van der Waals surface area contributed by atoms with Crippen LogP contribution in [0.15, 0.2) is 97.6 Å². The number of hydrogen-bond donors (Lipinski definition) is 6. The van der Waals surface area contributed by atoms with E-state index in [0.29, 0.717) is 5.65 Å². The normalized spacial score (nSPS) is 10.2. The molecule has 5 heterocycles. The fraction of sp³-hybridized carbons (Fsp3) is 0.214. The Balaban J connectivity index is 0.000000226. The first-order valence-corrected chi connectivity index (χ1v) is 27.3. The highest BCUT2D eigenvalue weighted by atomic mass is 35.5. The third-order valence-electron chi connectivity index (χ3n) is 11.1. The Morgan fingerprint density at radius 3 is 1.36 bits per heavy atom. The van der Waals surface area contributed by atoms with E-state index in [0.717, 1.165) is 68.3 Å². The van der Waals surface area contributed by atoms with Gasteiger partial charge in [-0.1, -0.05) is 101 Å². The molecule has 0 saturated carbocycles. The average Bonchev–Trinajstić information content (AvgIpc) is 4.00. The first kappa shape index (κ1) is 68.1. The van der Waals surface area contributed by atoms with Gasteiger partial charge in [0.1, 0.15) is 15.9 Å². The standard InChI is InChI=1S/C14H16ClN5O.C14H14ClN5.C13H11Cl2N3O.C8H11N.C5HCl3N2O.C2H7N/c1-8-4-5-11(9(2)6-8)18-13(21)10-7-17-14(15)19-12(10)20(3)16;1-8-4-5-11(9(2)6-8)17-12-10-7-16-14(15)18-13(10)20(3)19-12;1-7-3-4-10(8(2)5-7)17-12(19)9-6-16-13(15)18-11(9)14;1-6-3-4-8(9)7(2)5-6;6-3-2(4(7)11)1-9-5(8)10-3;1-2-3/h4-7H,16H2,1-3H3,(H,18,21);4-7H,1-3H3,(H,17,19);3-6H,1-2H3,(H,17,19);3-5H,9H2,1-2H3;1H;2-3H2,1H3. The van der Waals surface area contributed by atoms with Crippen LogP contribution in [0.2, 0.25) is 31.4 Å². The van der Waals surface area contributed by atoms with E-state index in [9.17, 15) is 14.4 Å². The number of fused-ring (bicyclic) bond motifs is 1. The fourth-order valence-corrected chi connectivity index (χ4v) is 8.28. The molecular weight excluding hydrogens is 1210 g/mol. The molecule has 0 atom stereocenters. The zero-order valence-corrected chi connectivity index (χ0v) is 52.3. The molecule has 436 valence electrons. The molecule has 27 heteroatoms. The molecule has 0 unspecified atom stereocenters. The highest BCUT2D eigenvalue weighted by Gasteiger charge is 2.18. The number of hydrazine groups is 1. The van der Waals surface area contributed by atoms with Gasteiger partial charge in [-0.3, -0.25) is 19.4 Å². The Morgan fingerprint density at radius 1 is 0.554 bits per heavy atom. The fourth-order valence-electron chi connectivity index (χ4n) is 7.05. The molecule has 0 fully saturated rings. The van der Waals surface area contributed by atoms with Crippen molar-refractivity contribution in [3.8, 4) is 0 Å². The quantitative estimate of drug-likeness (QED) is 0.0206. The minimum absolute atomic E-state index is 0.00747. The summed E-state index contributed by atoms with van der Waals surface area (Å²) in [5.41, 5.74) is 24.0. The molecule has 9 rings (SSSR count). The van der Waals surface area contributed by atoms with Gasteiger partial charge < -0.3 is 27.4 Å². The number of nitrogen functional groups attached to an aromatic ring is 1. The lowest BCUT2D eigenvalue weighted by atomic mass is 10.1. The minimum atomic E-state index is -0.702. The van der Waals surface area contributed by atoms with Crippen LogP contribution in [0.25, 0.3) is 11.0 Å². The minimum Gasteiger partial charge on any atom is -0.399 e. The Kier molecular flexibility index (Phi) is 26.7. The van der Waals surface area contributed by atoms with Gasteiger partial charge in [0, 0.05) is 61.6 Å². The summed E-state index contributed by atoms with van der Waals surface area (Å²) in [4.78, 5) is 65.5. The van der Waals surface area contributed by atoms with Crippen molar-refractivity contribution in [1.29, 1.82) is 0 Å². The number of nitrogens with one attached hydrogen (secondary N) is 3. The van der Waals surface area contributed by atoms with Crippen LogP contribution in [-0.2, 0) is 7.05 Å². The van der Waals surface area contributed by atoms with Gasteiger partial charge >= 0.3 is 0 Å². The molecule has 9 aromatic rings. The van der Waals surface area contributed by atoms with Crippen LogP contribution in [0.3, 0.4) is 0 Å². The van der Waals surface area contributed by atoms with Gasteiger partial charge in [-0.15, -0.1) is 0 Å². The van der Waals surface area contributed by atoms with Crippen LogP contribution in [0.4, 0.5) is 34.4 Å². The molecule has 0 aliphatic rings. The van der Waals surface area contributed by atoms with Crippen LogP contribution in [0, 0.1) is 55.4 Å². The number of nitrogens with zero attached hydrogens (tertiary/aromatic N) is 11. The highest BCUT2D eigenvalue weighted by Crippen LogP contribution is 2.28. The SMILES string of the molecule is CCN.Cc1ccc(N)c(C)c1.Cc1ccc(NC(=O)c2cnc(Cl)nc2Cl)c(C)c1.Cc1ccc(NC(=O)c2cnc(Cl)nc2N(C)N)c(C)c1.Cc1ccc(Nc2nn(C)c3nc(Cl)ncc23)c(C)c1.O=C(Cl)c1cnc(Cl)nc1Cl. The van der Waals surface area contributed by atoms with Gasteiger partial charge in [-0.05, 0) is 166 Å². The van der Waals surface area contributed by atoms with Gasteiger partial charge in [-0.25, -0.2) is 40.4 Å². The number of rotatable bonds is 8. The smallest absolute Gasteiger partial charge is 0.261 e. The van der Waals surface area contributed by atoms with E-state index in [1.54, 1.807) is 17.9 Å². The average molecular weight is 1270 g/mol. The van der Waals surface area contributed by atoms with Gasteiger partial charge in [-0.2, -0.15) is 15.1 Å². The van der Waals surface area contributed by atoms with Crippen molar-refractivity contribution in [2.24, 2.45) is 18.6 Å². The number of carbonyl (C=O) groups is 3. The van der Waals surface area contributed by atoms with E-state index in [4.69, 9.17) is 98.5 Å². The van der Waals surface area contributed by atoms with Crippen LogP contribution in [-0.4, -0.2) is 80.3 Å². The summed E-state index contributed by atoms with van der Waals surface area (Å²) in [6.45, 7) is 18.7. The molecule has 9 N–H and O–H groups in total. The maximum atomic E-state index is 12.4. The summed E-state index contributed by atoms with van der Waals surface area (Å²) in [6.07, 6.45) is 5.51. The number of nitrogens with two attached hydrogens (primary N) is 3. The summed E-state index contributed by atoms with van der Waals surface area (Å²) in [7, 11) is 3.41. The van der Waals surface area contributed by atoms with Crippen LogP contribution in [0.1, 0.15) is 82.5 Å². The molecule has 0 bridgehead atoms. The van der Waals surface area contributed by atoms with Crippen LogP contribution >= 0.6 is 81.2 Å². The van der Waals surface area contributed by atoms with Crippen LogP contribution < -0.4 is 38.3 Å². The van der Waals surface area contributed by atoms with E-state index in [2.05, 4.69) is 99.9 Å². The third-order valence-corrected chi connectivity index (χ3v) is 12.6. The predicted molar refractivity (Wildman–Crippen MR) is 337 cm³/mol. The topological polar surface area (TPSA) is 290 Å². The van der Waals surface area contributed by atoms with Crippen molar-refractivity contribution >= 4 is 144 Å². The molecule has 0 aliphatic carbocycles. The lowest BCUT2D eigenvalue weighted by Gasteiger charge is -2.15. The molecule has 83 heavy (non-hydrogen) atoms. The lowest BCUT2D eigenvalue weighted by molar-refractivity contribution is 0.101. The number of aryl methyl sites for hydroxylation is 9. The maximum absolute atomic E-state index is 12.4.